The van der Waals surface area contributed by atoms with Gasteiger partial charge in [-0.2, -0.15) is 0 Å². The van der Waals surface area contributed by atoms with Gasteiger partial charge in [-0.1, -0.05) is 12.1 Å². The Morgan fingerprint density at radius 1 is 1.18 bits per heavy atom. The maximum atomic E-state index is 12.6. The van der Waals surface area contributed by atoms with E-state index in [1.807, 2.05) is 24.3 Å². The lowest BCUT2D eigenvalue weighted by Crippen LogP contribution is -2.36. The van der Waals surface area contributed by atoms with Gasteiger partial charge in [-0.3, -0.25) is 14.2 Å². The van der Waals surface area contributed by atoms with Crippen molar-refractivity contribution in [3.63, 3.8) is 0 Å². The van der Waals surface area contributed by atoms with E-state index >= 15 is 0 Å². The molecule has 1 aromatic heterocycles. The van der Waals surface area contributed by atoms with Crippen molar-refractivity contribution in [2.24, 2.45) is 0 Å². The molecule has 150 valence electrons. The maximum absolute atomic E-state index is 12.6. The molecule has 8 heteroatoms. The SMILES string of the molecule is COCc1cc(=O)n(CC(=O)NCc2ccc(OC)cc2)c(N2CCCC2)n1. The largest absolute Gasteiger partial charge is 0.497 e. The van der Waals surface area contributed by atoms with Gasteiger partial charge in [0.05, 0.1) is 19.4 Å². The Balaban J connectivity index is 1.72. The molecule has 8 nitrogen and oxygen atoms in total. The molecule has 1 amide bonds. The first-order valence-corrected chi connectivity index (χ1v) is 9.35. The van der Waals surface area contributed by atoms with E-state index in [1.165, 1.54) is 10.6 Å². The predicted octanol–water partition coefficient (Wildman–Crippen LogP) is 1.31. The van der Waals surface area contributed by atoms with Gasteiger partial charge in [0.2, 0.25) is 11.9 Å². The molecule has 1 fully saturated rings. The number of methoxy groups -OCH3 is 2. The number of nitrogens with zero attached hydrogens (tertiary/aromatic N) is 3. The fourth-order valence-electron chi connectivity index (χ4n) is 3.21. The molecule has 1 N–H and O–H groups in total. The number of carbonyl (C=O) groups excluding carboxylic acids is 1. The van der Waals surface area contributed by atoms with Crippen molar-refractivity contribution in [3.05, 3.63) is 51.9 Å². The van der Waals surface area contributed by atoms with E-state index in [1.54, 1.807) is 14.2 Å². The lowest BCUT2D eigenvalue weighted by atomic mass is 10.2. The number of rotatable bonds is 8. The summed E-state index contributed by atoms with van der Waals surface area (Å²) >= 11 is 0. The molecule has 1 aliphatic rings. The first kappa shape index (κ1) is 19.9. The minimum absolute atomic E-state index is 0.0684. The van der Waals surface area contributed by atoms with Crippen LogP contribution in [0, 0.1) is 0 Å². The highest BCUT2D eigenvalue weighted by Crippen LogP contribution is 2.17. The molecule has 2 aromatic rings. The van der Waals surface area contributed by atoms with Gasteiger partial charge in [-0.05, 0) is 30.5 Å². The second-order valence-electron chi connectivity index (χ2n) is 6.72. The highest BCUT2D eigenvalue weighted by molar-refractivity contribution is 5.76. The van der Waals surface area contributed by atoms with Crippen molar-refractivity contribution in [1.29, 1.82) is 0 Å². The Labute approximate surface area is 164 Å². The molecule has 0 atom stereocenters. The fourth-order valence-corrected chi connectivity index (χ4v) is 3.21. The minimum atomic E-state index is -0.247. The number of hydrogen-bond donors (Lipinski definition) is 1. The van der Waals surface area contributed by atoms with E-state index in [0.29, 0.717) is 18.2 Å². The molecule has 0 radical (unpaired) electrons. The molecule has 0 unspecified atom stereocenters. The van der Waals surface area contributed by atoms with Crippen LogP contribution in [0.15, 0.2) is 35.1 Å². The third-order valence-corrected chi connectivity index (χ3v) is 4.67. The quantitative estimate of drug-likeness (QED) is 0.736. The van der Waals surface area contributed by atoms with Crippen LogP contribution in [0.5, 0.6) is 5.75 Å². The summed E-state index contributed by atoms with van der Waals surface area (Å²) in [5, 5.41) is 2.86. The number of carbonyl (C=O) groups is 1. The number of aromatic nitrogens is 2. The Kier molecular flexibility index (Phi) is 6.65. The first-order chi connectivity index (χ1) is 13.6. The highest BCUT2D eigenvalue weighted by Gasteiger charge is 2.20. The third kappa shape index (κ3) is 4.89. The van der Waals surface area contributed by atoms with E-state index in [-0.39, 0.29) is 24.6 Å². The number of hydrogen-bond acceptors (Lipinski definition) is 6. The van der Waals surface area contributed by atoms with Crippen molar-refractivity contribution in [3.8, 4) is 5.75 Å². The van der Waals surface area contributed by atoms with E-state index in [4.69, 9.17) is 9.47 Å². The first-order valence-electron chi connectivity index (χ1n) is 9.35. The van der Waals surface area contributed by atoms with Crippen LogP contribution in [-0.2, 0) is 29.2 Å². The normalized spacial score (nSPS) is 13.6. The summed E-state index contributed by atoms with van der Waals surface area (Å²) in [6, 6.07) is 8.90. The Morgan fingerprint density at radius 3 is 2.54 bits per heavy atom. The van der Waals surface area contributed by atoms with E-state index in [2.05, 4.69) is 15.2 Å². The number of nitrogens with one attached hydrogen (secondary N) is 1. The molecule has 2 heterocycles. The zero-order chi connectivity index (χ0) is 19.9. The molecule has 28 heavy (non-hydrogen) atoms. The van der Waals surface area contributed by atoms with Crippen LogP contribution in [0.1, 0.15) is 24.1 Å². The summed E-state index contributed by atoms with van der Waals surface area (Å²) in [5.41, 5.74) is 1.28. The van der Waals surface area contributed by atoms with Crippen LogP contribution < -0.4 is 20.5 Å². The van der Waals surface area contributed by atoms with Gasteiger partial charge in [0.15, 0.2) is 0 Å². The number of amides is 1. The van der Waals surface area contributed by atoms with Crippen molar-refractivity contribution >= 4 is 11.9 Å². The maximum Gasteiger partial charge on any atom is 0.255 e. The summed E-state index contributed by atoms with van der Waals surface area (Å²) in [6.45, 7) is 2.24. The van der Waals surface area contributed by atoms with Crippen LogP contribution in [-0.4, -0.2) is 42.8 Å². The van der Waals surface area contributed by atoms with Crippen molar-refractivity contribution in [2.45, 2.75) is 32.5 Å². The van der Waals surface area contributed by atoms with Crippen LogP contribution in [0.2, 0.25) is 0 Å². The second-order valence-corrected chi connectivity index (χ2v) is 6.72. The van der Waals surface area contributed by atoms with E-state index in [9.17, 15) is 9.59 Å². The number of anilines is 1. The molecule has 1 saturated heterocycles. The van der Waals surface area contributed by atoms with Crippen LogP contribution in [0.4, 0.5) is 5.95 Å². The molecule has 1 aromatic carbocycles. The predicted molar refractivity (Wildman–Crippen MR) is 105 cm³/mol. The number of ether oxygens (including phenoxy) is 2. The Hall–Kier alpha value is -2.87. The zero-order valence-electron chi connectivity index (χ0n) is 16.3. The van der Waals surface area contributed by atoms with Crippen molar-refractivity contribution < 1.29 is 14.3 Å². The molecule has 0 spiro atoms. The minimum Gasteiger partial charge on any atom is -0.497 e. The van der Waals surface area contributed by atoms with Crippen LogP contribution >= 0.6 is 0 Å². The smallest absolute Gasteiger partial charge is 0.255 e. The molecule has 0 bridgehead atoms. The molecule has 1 aliphatic heterocycles. The van der Waals surface area contributed by atoms with Gasteiger partial charge in [0.25, 0.3) is 5.56 Å². The Morgan fingerprint density at radius 2 is 1.89 bits per heavy atom. The second kappa shape index (κ2) is 9.36. The lowest BCUT2D eigenvalue weighted by Gasteiger charge is -2.21. The molecular formula is C20H26N4O4. The van der Waals surface area contributed by atoms with Gasteiger partial charge < -0.3 is 19.7 Å². The standard InChI is InChI=1S/C20H26N4O4/c1-27-14-16-11-19(26)24(20(22-16)23-9-3-4-10-23)13-18(25)21-12-15-5-7-17(28-2)8-6-15/h5-8,11H,3-4,9-10,12-14H2,1-2H3,(H,21,25). The van der Waals surface area contributed by atoms with Crippen LogP contribution in [0.25, 0.3) is 0 Å². The fraction of sp³-hybridized carbons (Fsp3) is 0.450. The van der Waals surface area contributed by atoms with E-state index in [0.717, 1.165) is 37.2 Å². The average molecular weight is 386 g/mol. The van der Waals surface area contributed by atoms with E-state index < -0.39 is 0 Å². The third-order valence-electron chi connectivity index (χ3n) is 4.67. The van der Waals surface area contributed by atoms with Crippen molar-refractivity contribution in [1.82, 2.24) is 14.9 Å². The van der Waals surface area contributed by atoms with Gasteiger partial charge in [0.1, 0.15) is 12.3 Å². The summed E-state index contributed by atoms with van der Waals surface area (Å²) in [7, 11) is 3.17. The van der Waals surface area contributed by atoms with Gasteiger partial charge >= 0.3 is 0 Å². The van der Waals surface area contributed by atoms with Gasteiger partial charge in [0, 0.05) is 32.8 Å². The molecule has 0 saturated carbocycles. The zero-order valence-corrected chi connectivity index (χ0v) is 16.3. The summed E-state index contributed by atoms with van der Waals surface area (Å²) in [5.74, 6) is 1.07. The average Bonchev–Trinajstić information content (AvgIpc) is 3.23. The number of benzene rings is 1. The monoisotopic (exact) mass is 386 g/mol. The van der Waals surface area contributed by atoms with Crippen molar-refractivity contribution in [2.75, 3.05) is 32.2 Å². The lowest BCUT2D eigenvalue weighted by molar-refractivity contribution is -0.121. The topological polar surface area (TPSA) is 85.7 Å². The summed E-state index contributed by atoms with van der Waals surface area (Å²) in [6.07, 6.45) is 2.10. The van der Waals surface area contributed by atoms with Crippen LogP contribution in [0.3, 0.4) is 0 Å². The van der Waals surface area contributed by atoms with Gasteiger partial charge in [-0.25, -0.2) is 4.98 Å². The Bertz CT molecular complexity index is 857. The highest BCUT2D eigenvalue weighted by atomic mass is 16.5. The van der Waals surface area contributed by atoms with Gasteiger partial charge in [-0.15, -0.1) is 0 Å². The summed E-state index contributed by atoms with van der Waals surface area (Å²) < 4.78 is 11.7. The molecular weight excluding hydrogens is 360 g/mol. The molecule has 0 aliphatic carbocycles. The molecule has 3 rings (SSSR count). The summed E-state index contributed by atoms with van der Waals surface area (Å²) in [4.78, 5) is 31.7.